The zero-order valence-corrected chi connectivity index (χ0v) is 7.23. The Balaban J connectivity index is 2.52. The maximum Gasteiger partial charge on any atom is 0.260 e. The summed E-state index contributed by atoms with van der Waals surface area (Å²) in [6.07, 6.45) is 3.98. The third kappa shape index (κ3) is 0.964. The van der Waals surface area contributed by atoms with Crippen molar-refractivity contribution in [1.82, 2.24) is 4.72 Å². The first-order valence-electron chi connectivity index (χ1n) is 3.88. The van der Waals surface area contributed by atoms with Crippen LogP contribution < -0.4 is 4.72 Å². The molecule has 1 saturated heterocycles. The van der Waals surface area contributed by atoms with Crippen LogP contribution in [0.2, 0.25) is 0 Å². The Morgan fingerprint density at radius 3 is 2.92 bits per heavy atom. The van der Waals surface area contributed by atoms with E-state index in [1.807, 2.05) is 4.72 Å². The first-order chi connectivity index (χ1) is 5.61. The van der Waals surface area contributed by atoms with Crippen molar-refractivity contribution in [2.75, 3.05) is 0 Å². The van der Waals surface area contributed by atoms with Gasteiger partial charge in [0.2, 0.25) is 5.91 Å². The molecular formula is C7H9NO3S. The second-order valence-electron chi connectivity index (χ2n) is 3.06. The lowest BCUT2D eigenvalue weighted by molar-refractivity contribution is -0.121. The van der Waals surface area contributed by atoms with E-state index < -0.39 is 15.9 Å². The van der Waals surface area contributed by atoms with Crippen LogP contribution >= 0.6 is 0 Å². The van der Waals surface area contributed by atoms with Crippen LogP contribution in [0, 0.1) is 5.92 Å². The van der Waals surface area contributed by atoms with Crippen LogP contribution in [-0.2, 0) is 14.8 Å². The zero-order valence-electron chi connectivity index (χ0n) is 6.41. The summed E-state index contributed by atoms with van der Waals surface area (Å²) in [6, 6.07) is 0. The molecule has 2 rings (SSSR count). The van der Waals surface area contributed by atoms with Gasteiger partial charge in [0, 0.05) is 0 Å². The second-order valence-corrected chi connectivity index (χ2v) is 4.74. The molecule has 0 aromatic heterocycles. The fraction of sp³-hybridized carbons (Fsp3) is 0.571. The molecule has 1 aliphatic carbocycles. The molecule has 0 spiro atoms. The van der Waals surface area contributed by atoms with Crippen LogP contribution in [0.15, 0.2) is 11.0 Å². The SMILES string of the molecule is O=C1NS(=O)(=O)C2=CCCCC12. The number of hydrogen-bond donors (Lipinski definition) is 1. The molecule has 0 saturated carbocycles. The van der Waals surface area contributed by atoms with Crippen LogP contribution in [0.3, 0.4) is 0 Å². The van der Waals surface area contributed by atoms with Gasteiger partial charge in [0.25, 0.3) is 10.0 Å². The number of allylic oxidation sites excluding steroid dienone is 1. The molecule has 12 heavy (non-hydrogen) atoms. The number of nitrogens with one attached hydrogen (secondary N) is 1. The predicted molar refractivity (Wildman–Crippen MR) is 42.5 cm³/mol. The minimum absolute atomic E-state index is 0.291. The molecule has 0 bridgehead atoms. The van der Waals surface area contributed by atoms with E-state index in [1.54, 1.807) is 6.08 Å². The predicted octanol–water partition coefficient (Wildman–Crippen LogP) is 0.130. The van der Waals surface area contributed by atoms with E-state index in [-0.39, 0.29) is 5.91 Å². The standard InChI is InChI=1S/C7H9NO3S/c9-7-5-3-1-2-4-6(5)12(10,11)8-7/h4-5H,1-3H2,(H,8,9). The molecule has 1 fully saturated rings. The lowest BCUT2D eigenvalue weighted by Crippen LogP contribution is -2.22. The number of sulfonamides is 1. The van der Waals surface area contributed by atoms with Crippen molar-refractivity contribution in [1.29, 1.82) is 0 Å². The van der Waals surface area contributed by atoms with E-state index >= 15 is 0 Å². The first kappa shape index (κ1) is 7.79. The molecule has 0 aromatic carbocycles. The van der Waals surface area contributed by atoms with Crippen molar-refractivity contribution in [3.63, 3.8) is 0 Å². The van der Waals surface area contributed by atoms with Crippen molar-refractivity contribution in [2.24, 2.45) is 5.92 Å². The van der Waals surface area contributed by atoms with Gasteiger partial charge in [0.1, 0.15) is 0 Å². The van der Waals surface area contributed by atoms with Gasteiger partial charge in [-0.05, 0) is 19.3 Å². The summed E-state index contributed by atoms with van der Waals surface area (Å²) in [5.41, 5.74) is 0. The zero-order chi connectivity index (χ0) is 8.77. The average molecular weight is 187 g/mol. The molecule has 0 radical (unpaired) electrons. The molecule has 66 valence electrons. The van der Waals surface area contributed by atoms with Crippen molar-refractivity contribution < 1.29 is 13.2 Å². The number of hydrogen-bond acceptors (Lipinski definition) is 3. The minimum Gasteiger partial charge on any atom is -0.273 e. The maximum absolute atomic E-state index is 11.2. The van der Waals surface area contributed by atoms with Crippen LogP contribution in [0.4, 0.5) is 0 Å². The molecule has 1 aliphatic heterocycles. The van der Waals surface area contributed by atoms with Crippen molar-refractivity contribution in [3.05, 3.63) is 11.0 Å². The Morgan fingerprint density at radius 2 is 2.25 bits per heavy atom. The van der Waals surface area contributed by atoms with E-state index in [2.05, 4.69) is 0 Å². The Labute approximate surface area is 70.7 Å². The maximum atomic E-state index is 11.2. The highest BCUT2D eigenvalue weighted by atomic mass is 32.2. The van der Waals surface area contributed by atoms with Crippen molar-refractivity contribution in [3.8, 4) is 0 Å². The van der Waals surface area contributed by atoms with E-state index in [1.165, 1.54) is 0 Å². The lowest BCUT2D eigenvalue weighted by atomic mass is 9.95. The fourth-order valence-corrected chi connectivity index (χ4v) is 3.13. The van der Waals surface area contributed by atoms with Crippen LogP contribution in [0.25, 0.3) is 0 Å². The molecule has 1 unspecified atom stereocenters. The Bertz CT molecular complexity index is 355. The van der Waals surface area contributed by atoms with Crippen LogP contribution in [-0.4, -0.2) is 14.3 Å². The Kier molecular flexibility index (Phi) is 1.51. The minimum atomic E-state index is -3.43. The topological polar surface area (TPSA) is 63.2 Å². The largest absolute Gasteiger partial charge is 0.273 e. The third-order valence-electron chi connectivity index (χ3n) is 2.25. The summed E-state index contributed by atoms with van der Waals surface area (Å²) in [7, 11) is -3.43. The van der Waals surface area contributed by atoms with Crippen LogP contribution in [0.1, 0.15) is 19.3 Å². The van der Waals surface area contributed by atoms with E-state index in [9.17, 15) is 13.2 Å². The molecule has 1 heterocycles. The molecular weight excluding hydrogens is 178 g/mol. The summed E-state index contributed by atoms with van der Waals surface area (Å²) >= 11 is 0. The summed E-state index contributed by atoms with van der Waals surface area (Å²) in [6.45, 7) is 0. The highest BCUT2D eigenvalue weighted by molar-refractivity contribution is 7.94. The normalized spacial score (nSPS) is 32.2. The third-order valence-corrected chi connectivity index (χ3v) is 3.79. The Morgan fingerprint density at radius 1 is 1.50 bits per heavy atom. The van der Waals surface area contributed by atoms with Gasteiger partial charge in [-0.3, -0.25) is 4.79 Å². The van der Waals surface area contributed by atoms with Gasteiger partial charge in [-0.1, -0.05) is 6.08 Å². The summed E-state index contributed by atoms with van der Waals surface area (Å²) < 4.78 is 24.4. The van der Waals surface area contributed by atoms with Crippen molar-refractivity contribution >= 4 is 15.9 Å². The van der Waals surface area contributed by atoms with Crippen molar-refractivity contribution in [2.45, 2.75) is 19.3 Å². The lowest BCUT2D eigenvalue weighted by Gasteiger charge is -2.11. The first-order valence-corrected chi connectivity index (χ1v) is 5.36. The highest BCUT2D eigenvalue weighted by Crippen LogP contribution is 2.32. The van der Waals surface area contributed by atoms with E-state index in [4.69, 9.17) is 0 Å². The van der Waals surface area contributed by atoms with Gasteiger partial charge in [-0.2, -0.15) is 0 Å². The summed E-state index contributed by atoms with van der Waals surface area (Å²) in [5.74, 6) is -0.760. The molecule has 1 N–H and O–H groups in total. The van der Waals surface area contributed by atoms with E-state index in [0.29, 0.717) is 11.3 Å². The molecule has 1 amide bonds. The molecule has 5 heteroatoms. The number of rotatable bonds is 0. The van der Waals surface area contributed by atoms with Gasteiger partial charge in [0.15, 0.2) is 0 Å². The van der Waals surface area contributed by atoms with E-state index in [0.717, 1.165) is 12.8 Å². The van der Waals surface area contributed by atoms with Gasteiger partial charge in [-0.25, -0.2) is 13.1 Å². The van der Waals surface area contributed by atoms with Gasteiger partial charge >= 0.3 is 0 Å². The summed E-state index contributed by atoms with van der Waals surface area (Å²) in [4.78, 5) is 11.4. The summed E-state index contributed by atoms with van der Waals surface area (Å²) in [5, 5.41) is 0. The number of amides is 1. The highest BCUT2D eigenvalue weighted by Gasteiger charge is 2.41. The van der Waals surface area contributed by atoms with Crippen LogP contribution in [0.5, 0.6) is 0 Å². The smallest absolute Gasteiger partial charge is 0.260 e. The van der Waals surface area contributed by atoms with Gasteiger partial charge in [0.05, 0.1) is 10.8 Å². The molecule has 1 atom stereocenters. The molecule has 4 nitrogen and oxygen atoms in total. The number of carbonyl (C=O) groups is 1. The fourth-order valence-electron chi connectivity index (χ4n) is 1.67. The molecule has 0 aromatic rings. The Hall–Kier alpha value is -0.840. The molecule has 2 aliphatic rings. The quantitative estimate of drug-likeness (QED) is 0.586. The number of fused-ring (bicyclic) bond motifs is 1. The van der Waals surface area contributed by atoms with Gasteiger partial charge in [-0.15, -0.1) is 0 Å². The number of carbonyl (C=O) groups excluding carboxylic acids is 1. The van der Waals surface area contributed by atoms with Gasteiger partial charge < -0.3 is 0 Å². The average Bonchev–Trinajstić information content (AvgIpc) is 2.25. The monoisotopic (exact) mass is 187 g/mol. The second kappa shape index (κ2) is 2.32.